The molecule has 2 heterocycles. The van der Waals surface area contributed by atoms with Crippen LogP contribution in [-0.4, -0.2) is 34.1 Å². The van der Waals surface area contributed by atoms with Crippen molar-refractivity contribution in [2.45, 2.75) is 25.2 Å². The van der Waals surface area contributed by atoms with Crippen LogP contribution in [-0.2, 0) is 0 Å². The molecule has 2 aromatic rings. The summed E-state index contributed by atoms with van der Waals surface area (Å²) in [4.78, 5) is 25.4. The number of amides is 1. The number of aromatic nitrogens is 2. The molecule has 6 heteroatoms. The van der Waals surface area contributed by atoms with Crippen molar-refractivity contribution < 1.29 is 9.18 Å². The van der Waals surface area contributed by atoms with Gasteiger partial charge >= 0.3 is 0 Å². The van der Waals surface area contributed by atoms with E-state index in [4.69, 9.17) is 0 Å². The normalized spacial score (nSPS) is 18.5. The van der Waals surface area contributed by atoms with E-state index in [1.54, 1.807) is 17.0 Å². The number of nitrogens with one attached hydrogen (secondary N) is 1. The minimum absolute atomic E-state index is 0.185. The molecule has 0 radical (unpaired) electrons. The van der Waals surface area contributed by atoms with E-state index in [-0.39, 0.29) is 28.9 Å². The van der Waals surface area contributed by atoms with Crippen molar-refractivity contribution in [1.29, 1.82) is 0 Å². The summed E-state index contributed by atoms with van der Waals surface area (Å²) in [7, 11) is 0. The van der Waals surface area contributed by atoms with Crippen LogP contribution in [0, 0.1) is 5.82 Å². The zero-order valence-corrected chi connectivity index (χ0v) is 12.7. The topological polar surface area (TPSA) is 66.1 Å². The Morgan fingerprint density at radius 1 is 1.17 bits per heavy atom. The molecule has 1 N–H and O–H groups in total. The summed E-state index contributed by atoms with van der Waals surface area (Å²) in [6.45, 7) is 1.24. The van der Waals surface area contributed by atoms with Gasteiger partial charge in [0.05, 0.1) is 0 Å². The summed E-state index contributed by atoms with van der Waals surface area (Å²) < 4.78 is 13.1. The van der Waals surface area contributed by atoms with Crippen LogP contribution >= 0.6 is 0 Å². The Bertz CT molecular complexity index is 722. The molecule has 0 bridgehead atoms. The summed E-state index contributed by atoms with van der Waals surface area (Å²) in [5, 5.41) is 6.10. The number of carbonyl (C=O) groups excluding carboxylic acids is 1. The van der Waals surface area contributed by atoms with Gasteiger partial charge in [0.15, 0.2) is 0 Å². The highest BCUT2D eigenvalue weighted by atomic mass is 19.1. The highest BCUT2D eigenvalue weighted by molar-refractivity contribution is 5.92. The highest BCUT2D eigenvalue weighted by Gasteiger charge is 2.24. The van der Waals surface area contributed by atoms with Crippen molar-refractivity contribution in [3.8, 4) is 0 Å². The predicted octanol–water partition coefficient (Wildman–Crippen LogP) is 2.32. The molecule has 0 spiro atoms. The van der Waals surface area contributed by atoms with Crippen LogP contribution in [0.3, 0.4) is 0 Å². The molecular formula is C17H18FN3O2. The van der Waals surface area contributed by atoms with E-state index in [9.17, 15) is 14.0 Å². The molecule has 1 aromatic heterocycles. The van der Waals surface area contributed by atoms with Gasteiger partial charge in [-0.25, -0.2) is 9.49 Å². The number of likely N-dealkylation sites (tertiary alicyclic amines) is 1. The van der Waals surface area contributed by atoms with Gasteiger partial charge in [0.25, 0.3) is 11.5 Å². The van der Waals surface area contributed by atoms with Gasteiger partial charge in [-0.3, -0.25) is 9.59 Å². The number of halogens is 1. The Morgan fingerprint density at radius 2 is 1.96 bits per heavy atom. The Labute approximate surface area is 133 Å². The minimum atomic E-state index is -0.332. The standard InChI is InChI=1S/C17H18FN3O2/c18-14-6-4-12(5-7-14)13-3-1-2-10-21(11-13)17(23)15-8-9-16(22)20-19-15/h4-9,13H,1-3,10-11H2,(H,20,22). The second kappa shape index (κ2) is 6.73. The minimum Gasteiger partial charge on any atom is -0.337 e. The Hall–Kier alpha value is -2.50. The number of hydrogen-bond donors (Lipinski definition) is 1. The van der Waals surface area contributed by atoms with Crippen molar-refractivity contribution in [2.24, 2.45) is 0 Å². The second-order valence-electron chi connectivity index (χ2n) is 5.80. The van der Waals surface area contributed by atoms with Crippen LogP contribution in [0.1, 0.15) is 41.2 Å². The van der Waals surface area contributed by atoms with Gasteiger partial charge in [-0.1, -0.05) is 18.6 Å². The lowest BCUT2D eigenvalue weighted by Crippen LogP contribution is -2.35. The van der Waals surface area contributed by atoms with Gasteiger partial charge in [0.1, 0.15) is 11.5 Å². The molecule has 1 fully saturated rings. The van der Waals surface area contributed by atoms with Gasteiger partial charge in [-0.2, -0.15) is 5.10 Å². The zero-order chi connectivity index (χ0) is 16.2. The fraction of sp³-hybridized carbons (Fsp3) is 0.353. The van der Waals surface area contributed by atoms with E-state index < -0.39 is 0 Å². The molecule has 1 aliphatic rings. The molecular weight excluding hydrogens is 297 g/mol. The number of H-pyrrole nitrogens is 1. The molecule has 23 heavy (non-hydrogen) atoms. The summed E-state index contributed by atoms with van der Waals surface area (Å²) >= 11 is 0. The smallest absolute Gasteiger partial charge is 0.274 e. The maximum atomic E-state index is 13.1. The van der Waals surface area contributed by atoms with Crippen LogP contribution < -0.4 is 5.56 Å². The van der Waals surface area contributed by atoms with Crippen molar-refractivity contribution in [3.05, 3.63) is 63.8 Å². The van der Waals surface area contributed by atoms with Crippen LogP contribution in [0.15, 0.2) is 41.2 Å². The van der Waals surface area contributed by atoms with Gasteiger partial charge in [0, 0.05) is 25.1 Å². The first kappa shape index (κ1) is 15.4. The Balaban J connectivity index is 1.79. The maximum Gasteiger partial charge on any atom is 0.274 e. The number of carbonyl (C=O) groups is 1. The van der Waals surface area contributed by atoms with E-state index in [1.807, 2.05) is 0 Å². The fourth-order valence-corrected chi connectivity index (χ4v) is 2.96. The molecule has 1 amide bonds. The first-order valence-corrected chi connectivity index (χ1v) is 7.74. The number of hydrogen-bond acceptors (Lipinski definition) is 3. The average Bonchev–Trinajstić information content (AvgIpc) is 2.82. The lowest BCUT2D eigenvalue weighted by Gasteiger charge is -2.24. The number of aromatic amines is 1. The van der Waals surface area contributed by atoms with E-state index in [2.05, 4.69) is 10.2 Å². The fourth-order valence-electron chi connectivity index (χ4n) is 2.96. The average molecular weight is 315 g/mol. The van der Waals surface area contributed by atoms with Gasteiger partial charge in [-0.05, 0) is 36.6 Å². The van der Waals surface area contributed by atoms with E-state index in [1.165, 1.54) is 24.3 Å². The second-order valence-corrected chi connectivity index (χ2v) is 5.80. The van der Waals surface area contributed by atoms with Crippen LogP contribution in [0.4, 0.5) is 4.39 Å². The summed E-state index contributed by atoms with van der Waals surface area (Å²) in [6.07, 6.45) is 2.91. The highest BCUT2D eigenvalue weighted by Crippen LogP contribution is 2.27. The molecule has 3 rings (SSSR count). The van der Waals surface area contributed by atoms with Crippen molar-refractivity contribution in [1.82, 2.24) is 15.1 Å². The van der Waals surface area contributed by atoms with Gasteiger partial charge < -0.3 is 4.90 Å². The van der Waals surface area contributed by atoms with Crippen molar-refractivity contribution in [2.75, 3.05) is 13.1 Å². The third-order valence-corrected chi connectivity index (χ3v) is 4.20. The van der Waals surface area contributed by atoms with E-state index in [0.29, 0.717) is 13.1 Å². The third-order valence-electron chi connectivity index (χ3n) is 4.20. The van der Waals surface area contributed by atoms with E-state index >= 15 is 0 Å². The molecule has 5 nitrogen and oxygen atoms in total. The molecule has 1 saturated heterocycles. The lowest BCUT2D eigenvalue weighted by molar-refractivity contribution is 0.0747. The first-order valence-electron chi connectivity index (χ1n) is 7.74. The summed E-state index contributed by atoms with van der Waals surface area (Å²) in [5.41, 5.74) is 0.950. The largest absolute Gasteiger partial charge is 0.337 e. The number of nitrogens with zero attached hydrogens (tertiary/aromatic N) is 2. The Kier molecular flexibility index (Phi) is 4.50. The maximum absolute atomic E-state index is 13.1. The quantitative estimate of drug-likeness (QED) is 0.925. The van der Waals surface area contributed by atoms with Crippen LogP contribution in [0.2, 0.25) is 0 Å². The Morgan fingerprint density at radius 3 is 2.65 bits per heavy atom. The van der Waals surface area contributed by atoms with Gasteiger partial charge in [0.2, 0.25) is 0 Å². The molecule has 120 valence electrons. The number of rotatable bonds is 2. The third kappa shape index (κ3) is 3.64. The van der Waals surface area contributed by atoms with Crippen LogP contribution in [0.5, 0.6) is 0 Å². The number of benzene rings is 1. The van der Waals surface area contributed by atoms with Gasteiger partial charge in [-0.15, -0.1) is 0 Å². The molecule has 0 saturated carbocycles. The summed E-state index contributed by atoms with van der Waals surface area (Å²) in [6, 6.07) is 9.22. The van der Waals surface area contributed by atoms with E-state index in [0.717, 1.165) is 24.8 Å². The van der Waals surface area contributed by atoms with Crippen molar-refractivity contribution >= 4 is 5.91 Å². The molecule has 0 aliphatic carbocycles. The zero-order valence-electron chi connectivity index (χ0n) is 12.7. The monoisotopic (exact) mass is 315 g/mol. The molecule has 1 aliphatic heterocycles. The summed E-state index contributed by atoms with van der Waals surface area (Å²) in [5.74, 6) is -0.257. The first-order chi connectivity index (χ1) is 11.1. The lowest BCUT2D eigenvalue weighted by atomic mass is 9.94. The predicted molar refractivity (Wildman–Crippen MR) is 83.8 cm³/mol. The SMILES string of the molecule is O=C(c1ccc(=O)[nH]n1)N1CCCCC(c2ccc(F)cc2)C1. The van der Waals surface area contributed by atoms with Crippen molar-refractivity contribution in [3.63, 3.8) is 0 Å². The molecule has 1 atom stereocenters. The van der Waals surface area contributed by atoms with Crippen LogP contribution in [0.25, 0.3) is 0 Å². The molecule has 1 aromatic carbocycles. The molecule has 1 unspecified atom stereocenters.